The molecule has 2 aromatic rings. The predicted molar refractivity (Wildman–Crippen MR) is 51.9 cm³/mol. The van der Waals surface area contributed by atoms with E-state index in [1.807, 2.05) is 14.1 Å². The van der Waals surface area contributed by atoms with Crippen molar-refractivity contribution in [2.45, 2.75) is 6.73 Å². The molecule has 0 aliphatic carbocycles. The summed E-state index contributed by atoms with van der Waals surface area (Å²) in [4.78, 5) is 14.2. The highest BCUT2D eigenvalue weighted by Crippen LogP contribution is 2.11. The van der Waals surface area contributed by atoms with Crippen LogP contribution in [0.25, 0.3) is 11.2 Å². The molecule has 0 fully saturated rings. The van der Waals surface area contributed by atoms with Gasteiger partial charge in [-0.2, -0.15) is 4.98 Å². The molecule has 0 aromatic carbocycles. The summed E-state index contributed by atoms with van der Waals surface area (Å²) in [5.74, 6) is 0.604. The average Bonchev–Trinajstić information content (AvgIpc) is 2.59. The molecule has 74 valence electrons. The second-order valence-corrected chi connectivity index (χ2v) is 3.13. The minimum absolute atomic E-state index is 0.125. The SMILES string of the molecule is CN(C)c1ncc2ncn(CO)c2n1. The second-order valence-electron chi connectivity index (χ2n) is 3.13. The lowest BCUT2D eigenvalue weighted by molar-refractivity contribution is 0.214. The molecule has 0 unspecified atom stereocenters. The zero-order chi connectivity index (χ0) is 10.1. The van der Waals surface area contributed by atoms with Gasteiger partial charge in [-0.05, 0) is 0 Å². The van der Waals surface area contributed by atoms with Crippen molar-refractivity contribution in [2.75, 3.05) is 19.0 Å². The molecule has 6 nitrogen and oxygen atoms in total. The number of anilines is 1. The molecule has 0 saturated carbocycles. The highest BCUT2D eigenvalue weighted by Gasteiger charge is 2.06. The molecule has 2 heterocycles. The number of hydrogen-bond acceptors (Lipinski definition) is 5. The van der Waals surface area contributed by atoms with Crippen molar-refractivity contribution in [1.29, 1.82) is 0 Å². The molecule has 1 N–H and O–H groups in total. The van der Waals surface area contributed by atoms with Gasteiger partial charge in [-0.25, -0.2) is 9.97 Å². The number of hydrogen-bond donors (Lipinski definition) is 1. The topological polar surface area (TPSA) is 67.1 Å². The summed E-state index contributed by atoms with van der Waals surface area (Å²) in [6.07, 6.45) is 3.18. The Kier molecular flexibility index (Phi) is 2.05. The van der Waals surface area contributed by atoms with Gasteiger partial charge in [0.1, 0.15) is 12.2 Å². The van der Waals surface area contributed by atoms with Gasteiger partial charge in [0, 0.05) is 14.1 Å². The minimum Gasteiger partial charge on any atom is -0.376 e. The molecule has 2 aromatic heterocycles. The van der Waals surface area contributed by atoms with Crippen molar-refractivity contribution in [3.8, 4) is 0 Å². The summed E-state index contributed by atoms with van der Waals surface area (Å²) in [6.45, 7) is -0.125. The zero-order valence-electron chi connectivity index (χ0n) is 8.05. The van der Waals surface area contributed by atoms with Crippen molar-refractivity contribution in [1.82, 2.24) is 19.5 Å². The number of imidazole rings is 1. The van der Waals surface area contributed by atoms with Crippen LogP contribution in [-0.2, 0) is 6.73 Å². The van der Waals surface area contributed by atoms with Crippen LogP contribution in [-0.4, -0.2) is 38.7 Å². The van der Waals surface area contributed by atoms with E-state index in [0.29, 0.717) is 17.1 Å². The maximum atomic E-state index is 9.00. The van der Waals surface area contributed by atoms with Crippen molar-refractivity contribution < 1.29 is 5.11 Å². The van der Waals surface area contributed by atoms with Crippen molar-refractivity contribution in [3.05, 3.63) is 12.5 Å². The lowest BCUT2D eigenvalue weighted by Crippen LogP contribution is -2.13. The fourth-order valence-corrected chi connectivity index (χ4v) is 1.17. The van der Waals surface area contributed by atoms with Crippen LogP contribution >= 0.6 is 0 Å². The lowest BCUT2D eigenvalue weighted by Gasteiger charge is -2.09. The minimum atomic E-state index is -0.125. The van der Waals surface area contributed by atoms with Gasteiger partial charge in [-0.1, -0.05) is 0 Å². The summed E-state index contributed by atoms with van der Waals surface area (Å²) < 4.78 is 1.56. The lowest BCUT2D eigenvalue weighted by atomic mass is 10.5. The molecular formula is C8H11N5O. The van der Waals surface area contributed by atoms with Crippen molar-refractivity contribution in [2.24, 2.45) is 0 Å². The summed E-state index contributed by atoms with van der Waals surface area (Å²) in [7, 11) is 3.72. The first-order valence-electron chi connectivity index (χ1n) is 4.18. The molecule has 0 aliphatic rings. The van der Waals surface area contributed by atoms with E-state index >= 15 is 0 Å². The number of aromatic nitrogens is 4. The third kappa shape index (κ3) is 1.29. The first-order valence-corrected chi connectivity index (χ1v) is 4.18. The van der Waals surface area contributed by atoms with Gasteiger partial charge >= 0.3 is 0 Å². The Bertz CT molecular complexity index is 450. The van der Waals surface area contributed by atoms with Gasteiger partial charge in [0.15, 0.2) is 5.65 Å². The fraction of sp³-hybridized carbons (Fsp3) is 0.375. The molecule has 0 spiro atoms. The Morgan fingerprint density at radius 1 is 1.43 bits per heavy atom. The van der Waals surface area contributed by atoms with Crippen LogP contribution < -0.4 is 4.90 Å². The van der Waals surface area contributed by atoms with Gasteiger partial charge in [0.2, 0.25) is 5.95 Å². The van der Waals surface area contributed by atoms with E-state index in [0.717, 1.165) is 0 Å². The normalized spacial score (nSPS) is 10.8. The molecule has 14 heavy (non-hydrogen) atoms. The van der Waals surface area contributed by atoms with Gasteiger partial charge in [0.05, 0.1) is 12.5 Å². The largest absolute Gasteiger partial charge is 0.376 e. The summed E-state index contributed by atoms with van der Waals surface area (Å²) >= 11 is 0. The van der Waals surface area contributed by atoms with Crippen LogP contribution in [0.5, 0.6) is 0 Å². The second kappa shape index (κ2) is 3.22. The van der Waals surface area contributed by atoms with Crippen molar-refractivity contribution >= 4 is 17.1 Å². The van der Waals surface area contributed by atoms with E-state index in [1.165, 1.54) is 0 Å². The van der Waals surface area contributed by atoms with Gasteiger partial charge < -0.3 is 10.0 Å². The molecule has 0 aliphatic heterocycles. The number of nitrogens with zero attached hydrogens (tertiary/aromatic N) is 5. The third-order valence-corrected chi connectivity index (χ3v) is 1.90. The highest BCUT2D eigenvalue weighted by atomic mass is 16.3. The number of rotatable bonds is 2. The van der Waals surface area contributed by atoms with Crippen LogP contribution in [0.3, 0.4) is 0 Å². The number of aliphatic hydroxyl groups is 1. The smallest absolute Gasteiger partial charge is 0.226 e. The van der Waals surface area contributed by atoms with Crippen LogP contribution in [0.15, 0.2) is 12.5 Å². The van der Waals surface area contributed by atoms with Crippen LogP contribution in [0.4, 0.5) is 5.95 Å². The van der Waals surface area contributed by atoms with Crippen LogP contribution in [0.2, 0.25) is 0 Å². The maximum Gasteiger partial charge on any atom is 0.226 e. The van der Waals surface area contributed by atoms with Gasteiger partial charge in [0.25, 0.3) is 0 Å². The Morgan fingerprint density at radius 2 is 2.21 bits per heavy atom. The van der Waals surface area contributed by atoms with Gasteiger partial charge in [-0.15, -0.1) is 0 Å². The Labute approximate surface area is 80.8 Å². The Hall–Kier alpha value is -1.69. The Balaban J connectivity index is 2.61. The van der Waals surface area contributed by atoms with E-state index in [2.05, 4.69) is 15.0 Å². The van der Waals surface area contributed by atoms with E-state index < -0.39 is 0 Å². The number of fused-ring (bicyclic) bond motifs is 1. The molecule has 0 amide bonds. The van der Waals surface area contributed by atoms with E-state index in [4.69, 9.17) is 5.11 Å². The average molecular weight is 193 g/mol. The highest BCUT2D eigenvalue weighted by molar-refractivity contribution is 5.70. The quantitative estimate of drug-likeness (QED) is 0.718. The Morgan fingerprint density at radius 3 is 2.86 bits per heavy atom. The summed E-state index contributed by atoms with van der Waals surface area (Å²) in [6, 6.07) is 0. The van der Waals surface area contributed by atoms with E-state index in [9.17, 15) is 0 Å². The zero-order valence-corrected chi connectivity index (χ0v) is 8.05. The monoisotopic (exact) mass is 193 g/mol. The van der Waals surface area contributed by atoms with Crippen LogP contribution in [0, 0.1) is 0 Å². The first kappa shape index (κ1) is 8.89. The van der Waals surface area contributed by atoms with E-state index in [1.54, 1.807) is 22.0 Å². The predicted octanol–water partition coefficient (Wildman–Crippen LogP) is -0.158. The summed E-state index contributed by atoms with van der Waals surface area (Å²) in [5.41, 5.74) is 1.33. The third-order valence-electron chi connectivity index (χ3n) is 1.90. The number of aliphatic hydroxyl groups excluding tert-OH is 1. The molecule has 0 saturated heterocycles. The van der Waals surface area contributed by atoms with E-state index in [-0.39, 0.29) is 6.73 Å². The standard InChI is InChI=1S/C8H11N5O/c1-12(2)8-9-3-6-7(11-8)13(5-14)4-10-6/h3-4,14H,5H2,1-2H3. The maximum absolute atomic E-state index is 9.00. The first-order chi connectivity index (χ1) is 6.72. The molecular weight excluding hydrogens is 182 g/mol. The van der Waals surface area contributed by atoms with Crippen LogP contribution in [0.1, 0.15) is 0 Å². The summed E-state index contributed by atoms with van der Waals surface area (Å²) in [5, 5.41) is 9.00. The molecule has 0 atom stereocenters. The molecule has 0 radical (unpaired) electrons. The van der Waals surface area contributed by atoms with Crippen molar-refractivity contribution in [3.63, 3.8) is 0 Å². The molecule has 0 bridgehead atoms. The van der Waals surface area contributed by atoms with Gasteiger partial charge in [-0.3, -0.25) is 4.57 Å². The molecule has 2 rings (SSSR count). The molecule has 6 heteroatoms. The fourth-order valence-electron chi connectivity index (χ4n) is 1.17.